The van der Waals surface area contributed by atoms with Crippen LogP contribution in [0.2, 0.25) is 0 Å². The molecule has 1 aromatic heterocycles. The fourth-order valence-corrected chi connectivity index (χ4v) is 2.60. The number of carbonyl (C=O) groups is 1. The van der Waals surface area contributed by atoms with Crippen LogP contribution in [0, 0.1) is 0 Å². The summed E-state index contributed by atoms with van der Waals surface area (Å²) in [5.74, 6) is 0.0918. The standard InChI is InChI=1S/C12H14N4O4S/c1-8(17)15-10-4-3-9(5-11(10)20-2)16-21(18,19)12-6-13-7-14-12/h3-7,16H,1-2H3,(H,13,14)(H,15,17). The molecule has 3 N–H and O–H groups in total. The average Bonchev–Trinajstić information content (AvgIpc) is 2.94. The van der Waals surface area contributed by atoms with Gasteiger partial charge in [-0.05, 0) is 12.1 Å². The normalized spacial score (nSPS) is 11.0. The van der Waals surface area contributed by atoms with Crippen LogP contribution in [-0.2, 0) is 14.8 Å². The zero-order valence-corrected chi connectivity index (χ0v) is 12.2. The van der Waals surface area contributed by atoms with Gasteiger partial charge < -0.3 is 15.0 Å². The first-order valence-electron chi connectivity index (χ1n) is 5.89. The molecule has 0 spiro atoms. The van der Waals surface area contributed by atoms with Crippen molar-refractivity contribution < 1.29 is 17.9 Å². The van der Waals surface area contributed by atoms with E-state index in [0.717, 1.165) is 0 Å². The lowest BCUT2D eigenvalue weighted by Crippen LogP contribution is -2.14. The summed E-state index contributed by atoms with van der Waals surface area (Å²) in [5, 5.41) is 2.54. The van der Waals surface area contributed by atoms with Crippen LogP contribution in [0.4, 0.5) is 11.4 Å². The van der Waals surface area contributed by atoms with E-state index >= 15 is 0 Å². The van der Waals surface area contributed by atoms with Gasteiger partial charge in [0, 0.05) is 13.0 Å². The lowest BCUT2D eigenvalue weighted by molar-refractivity contribution is -0.114. The summed E-state index contributed by atoms with van der Waals surface area (Å²) in [6.07, 6.45) is 2.47. The van der Waals surface area contributed by atoms with Gasteiger partial charge in [0.1, 0.15) is 5.75 Å². The third kappa shape index (κ3) is 3.51. The van der Waals surface area contributed by atoms with E-state index in [1.807, 2.05) is 0 Å². The Labute approximate surface area is 121 Å². The Hall–Kier alpha value is -2.55. The van der Waals surface area contributed by atoms with Gasteiger partial charge in [-0.1, -0.05) is 0 Å². The van der Waals surface area contributed by atoms with Gasteiger partial charge in [-0.2, -0.15) is 8.42 Å². The molecule has 112 valence electrons. The summed E-state index contributed by atoms with van der Waals surface area (Å²) >= 11 is 0. The van der Waals surface area contributed by atoms with Crippen molar-refractivity contribution in [3.63, 3.8) is 0 Å². The molecule has 9 heteroatoms. The second kappa shape index (κ2) is 5.83. The summed E-state index contributed by atoms with van der Waals surface area (Å²) in [4.78, 5) is 17.2. The largest absolute Gasteiger partial charge is 0.494 e. The molecule has 0 radical (unpaired) electrons. The van der Waals surface area contributed by atoms with Crippen molar-refractivity contribution in [1.82, 2.24) is 9.97 Å². The first-order valence-corrected chi connectivity index (χ1v) is 7.37. The predicted octanol–water partition coefficient (Wildman–Crippen LogP) is 1.18. The lowest BCUT2D eigenvalue weighted by Gasteiger charge is -2.12. The zero-order valence-electron chi connectivity index (χ0n) is 11.4. The minimum atomic E-state index is -3.74. The van der Waals surface area contributed by atoms with E-state index < -0.39 is 10.0 Å². The molecule has 2 rings (SSSR count). The third-order valence-electron chi connectivity index (χ3n) is 2.53. The Bertz CT molecular complexity index is 741. The number of H-pyrrole nitrogens is 1. The van der Waals surface area contributed by atoms with Gasteiger partial charge >= 0.3 is 0 Å². The smallest absolute Gasteiger partial charge is 0.278 e. The number of rotatable bonds is 5. The molecular weight excluding hydrogens is 296 g/mol. The van der Waals surface area contributed by atoms with Crippen LogP contribution >= 0.6 is 0 Å². The third-order valence-corrected chi connectivity index (χ3v) is 3.83. The molecule has 0 aliphatic carbocycles. The van der Waals surface area contributed by atoms with Crippen LogP contribution in [0.25, 0.3) is 0 Å². The molecule has 0 aliphatic rings. The number of aromatic nitrogens is 2. The highest BCUT2D eigenvalue weighted by molar-refractivity contribution is 7.92. The highest BCUT2D eigenvalue weighted by Gasteiger charge is 2.16. The van der Waals surface area contributed by atoms with Crippen LogP contribution in [0.5, 0.6) is 5.75 Å². The van der Waals surface area contributed by atoms with E-state index in [4.69, 9.17) is 4.74 Å². The van der Waals surface area contributed by atoms with Crippen LogP contribution in [-0.4, -0.2) is 31.4 Å². The van der Waals surface area contributed by atoms with Gasteiger partial charge in [0.05, 0.1) is 31.0 Å². The topological polar surface area (TPSA) is 113 Å². The molecule has 0 atom stereocenters. The van der Waals surface area contributed by atoms with Gasteiger partial charge in [0.25, 0.3) is 10.0 Å². The summed E-state index contributed by atoms with van der Waals surface area (Å²) in [6, 6.07) is 4.53. The maximum Gasteiger partial charge on any atom is 0.278 e. The number of hydrogen-bond donors (Lipinski definition) is 3. The fraction of sp³-hybridized carbons (Fsp3) is 0.167. The number of aromatic amines is 1. The number of methoxy groups -OCH3 is 1. The summed E-state index contributed by atoms with van der Waals surface area (Å²) in [6.45, 7) is 1.37. The monoisotopic (exact) mass is 310 g/mol. The highest BCUT2D eigenvalue weighted by Crippen LogP contribution is 2.28. The first-order chi connectivity index (χ1) is 9.92. The number of amides is 1. The molecule has 0 unspecified atom stereocenters. The Balaban J connectivity index is 2.28. The molecule has 21 heavy (non-hydrogen) atoms. The van der Waals surface area contributed by atoms with Crippen LogP contribution in [0.1, 0.15) is 6.92 Å². The maximum absolute atomic E-state index is 12.0. The van der Waals surface area contributed by atoms with Crippen molar-refractivity contribution in [2.24, 2.45) is 0 Å². The van der Waals surface area contributed by atoms with Crippen molar-refractivity contribution in [2.75, 3.05) is 17.1 Å². The Morgan fingerprint density at radius 2 is 2.14 bits per heavy atom. The van der Waals surface area contributed by atoms with E-state index in [1.165, 1.54) is 38.7 Å². The maximum atomic E-state index is 12.0. The minimum absolute atomic E-state index is 0.0487. The second-order valence-corrected chi connectivity index (χ2v) is 5.77. The molecule has 1 amide bonds. The van der Waals surface area contributed by atoms with Crippen LogP contribution in [0.15, 0.2) is 35.7 Å². The molecule has 0 saturated heterocycles. The number of benzene rings is 1. The number of nitrogens with one attached hydrogen (secondary N) is 3. The van der Waals surface area contributed by atoms with Crippen molar-refractivity contribution >= 4 is 27.3 Å². The molecule has 0 fully saturated rings. The number of carbonyl (C=O) groups excluding carboxylic acids is 1. The molecule has 2 aromatic rings. The fourth-order valence-electron chi connectivity index (χ4n) is 1.65. The van der Waals surface area contributed by atoms with E-state index in [9.17, 15) is 13.2 Å². The molecule has 0 bridgehead atoms. The predicted molar refractivity (Wildman–Crippen MR) is 76.7 cm³/mol. The number of ether oxygens (including phenoxy) is 1. The summed E-state index contributed by atoms with van der Waals surface area (Å²) < 4.78 is 31.6. The number of imidazole rings is 1. The Morgan fingerprint density at radius 3 is 2.71 bits per heavy atom. The van der Waals surface area contributed by atoms with Gasteiger partial charge in [0.2, 0.25) is 5.91 Å². The van der Waals surface area contributed by atoms with Crippen LogP contribution < -0.4 is 14.8 Å². The number of hydrogen-bond acceptors (Lipinski definition) is 5. The lowest BCUT2D eigenvalue weighted by atomic mass is 10.2. The van der Waals surface area contributed by atoms with E-state index in [-0.39, 0.29) is 10.9 Å². The van der Waals surface area contributed by atoms with Crippen LogP contribution in [0.3, 0.4) is 0 Å². The van der Waals surface area contributed by atoms with Crippen molar-refractivity contribution in [3.8, 4) is 5.75 Å². The molecule has 0 saturated carbocycles. The number of nitrogens with zero attached hydrogens (tertiary/aromatic N) is 1. The van der Waals surface area contributed by atoms with Gasteiger partial charge in [-0.15, -0.1) is 0 Å². The zero-order chi connectivity index (χ0) is 15.5. The van der Waals surface area contributed by atoms with E-state index in [1.54, 1.807) is 6.07 Å². The average molecular weight is 310 g/mol. The second-order valence-electron chi connectivity index (χ2n) is 4.12. The Kier molecular flexibility index (Phi) is 4.13. The molecule has 8 nitrogen and oxygen atoms in total. The van der Waals surface area contributed by atoms with Gasteiger partial charge in [0.15, 0.2) is 5.03 Å². The SMILES string of the molecule is COc1cc(NS(=O)(=O)c2cnc[nH]2)ccc1NC(C)=O. The molecule has 0 aliphatic heterocycles. The van der Waals surface area contributed by atoms with Gasteiger partial charge in [-0.25, -0.2) is 4.98 Å². The molecule has 1 aromatic carbocycles. The summed E-state index contributed by atoms with van der Waals surface area (Å²) in [5.41, 5.74) is 0.755. The molecule has 1 heterocycles. The van der Waals surface area contributed by atoms with Crippen molar-refractivity contribution in [2.45, 2.75) is 11.9 Å². The van der Waals surface area contributed by atoms with E-state index in [2.05, 4.69) is 20.0 Å². The first kappa shape index (κ1) is 14.9. The number of sulfonamides is 1. The molecular formula is C12H14N4O4S. The quantitative estimate of drug-likeness (QED) is 0.767. The van der Waals surface area contributed by atoms with E-state index in [0.29, 0.717) is 17.1 Å². The summed E-state index contributed by atoms with van der Waals surface area (Å²) in [7, 11) is -2.32. The van der Waals surface area contributed by atoms with Gasteiger partial charge in [-0.3, -0.25) is 9.52 Å². The Morgan fingerprint density at radius 1 is 1.38 bits per heavy atom. The van der Waals surface area contributed by atoms with Crippen molar-refractivity contribution in [1.29, 1.82) is 0 Å². The number of anilines is 2. The van der Waals surface area contributed by atoms with Crippen molar-refractivity contribution in [3.05, 3.63) is 30.7 Å². The minimum Gasteiger partial charge on any atom is -0.494 e. The highest BCUT2D eigenvalue weighted by atomic mass is 32.2.